The van der Waals surface area contributed by atoms with E-state index in [-0.39, 0.29) is 12.5 Å². The van der Waals surface area contributed by atoms with Gasteiger partial charge in [0.25, 0.3) is 0 Å². The summed E-state index contributed by atoms with van der Waals surface area (Å²) in [7, 11) is 0. The van der Waals surface area contributed by atoms with Gasteiger partial charge in [0.15, 0.2) is 0 Å². The number of amides is 1. The first-order valence-corrected chi connectivity index (χ1v) is 16.8. The smallest absolute Gasteiger partial charge is 0.435 e. The lowest BCUT2D eigenvalue weighted by atomic mass is 9.93. The fourth-order valence-electron chi connectivity index (χ4n) is 5.76. The van der Waals surface area contributed by atoms with Crippen molar-refractivity contribution in [2.75, 3.05) is 32.8 Å². The largest absolute Gasteiger partial charge is 0.475 e. The maximum absolute atomic E-state index is 13.7. The van der Waals surface area contributed by atoms with Gasteiger partial charge in [-0.15, -0.1) is 5.10 Å². The lowest BCUT2D eigenvalue weighted by Crippen LogP contribution is -2.42. The van der Waals surface area contributed by atoms with Crippen LogP contribution in [0.3, 0.4) is 0 Å². The summed E-state index contributed by atoms with van der Waals surface area (Å²) in [4.78, 5) is 33.1. The minimum absolute atomic E-state index is 0.0811. The molecule has 0 atom stereocenters. The number of rotatable bonds is 13. The molecular formula is C37H53N5O4. The number of nitrogens with one attached hydrogen (secondary N) is 1. The molecule has 1 fully saturated rings. The number of likely N-dealkylation sites (tertiary alicyclic amines) is 1. The maximum atomic E-state index is 13.7. The van der Waals surface area contributed by atoms with Crippen LogP contribution in [0, 0.1) is 5.41 Å². The van der Waals surface area contributed by atoms with E-state index in [0.29, 0.717) is 24.5 Å². The van der Waals surface area contributed by atoms with Gasteiger partial charge in [0.05, 0.1) is 11.1 Å². The lowest BCUT2D eigenvalue weighted by Gasteiger charge is -2.28. The number of ether oxygens (including phenoxy) is 2. The Kier molecular flexibility index (Phi) is 12.0. The van der Waals surface area contributed by atoms with Crippen LogP contribution < -0.4 is 10.1 Å². The second kappa shape index (κ2) is 15.7. The Morgan fingerprint density at radius 1 is 0.957 bits per heavy atom. The summed E-state index contributed by atoms with van der Waals surface area (Å²) in [5.74, 6) is 0.443. The number of aryl methyl sites for hydroxylation is 1. The molecule has 0 unspecified atom stereocenters. The predicted octanol–water partition coefficient (Wildman–Crippen LogP) is 6.92. The van der Waals surface area contributed by atoms with Crippen LogP contribution in [0.4, 0.5) is 4.79 Å². The molecule has 46 heavy (non-hydrogen) atoms. The number of pyridine rings is 1. The molecule has 4 rings (SSSR count). The summed E-state index contributed by atoms with van der Waals surface area (Å²) in [5, 5.41) is 8.33. The van der Waals surface area contributed by atoms with E-state index in [9.17, 15) is 9.59 Å². The Balaban J connectivity index is 1.60. The van der Waals surface area contributed by atoms with Crippen molar-refractivity contribution >= 4 is 17.6 Å². The Hall–Kier alpha value is -3.72. The molecule has 0 radical (unpaired) electrons. The number of allylic oxidation sites excluding steroid dienone is 6. The van der Waals surface area contributed by atoms with Gasteiger partial charge in [0, 0.05) is 36.6 Å². The summed E-state index contributed by atoms with van der Waals surface area (Å²) in [6, 6.07) is 4.13. The Labute approximate surface area is 275 Å². The molecule has 1 N–H and O–H groups in total. The highest BCUT2D eigenvalue weighted by Crippen LogP contribution is 2.34. The zero-order chi connectivity index (χ0) is 33.3. The Morgan fingerprint density at radius 3 is 2.37 bits per heavy atom. The third kappa shape index (κ3) is 9.89. The monoisotopic (exact) mass is 631 g/mol. The second-order valence-corrected chi connectivity index (χ2v) is 14.3. The molecule has 9 heteroatoms. The third-order valence-electron chi connectivity index (χ3n) is 8.23. The van der Waals surface area contributed by atoms with Crippen LogP contribution >= 0.6 is 0 Å². The molecule has 1 amide bonds. The zero-order valence-electron chi connectivity index (χ0n) is 28.9. The van der Waals surface area contributed by atoms with Crippen molar-refractivity contribution in [1.29, 1.82) is 0 Å². The van der Waals surface area contributed by atoms with Crippen LogP contribution in [0.2, 0.25) is 0 Å². The van der Waals surface area contributed by atoms with Crippen molar-refractivity contribution < 1.29 is 19.1 Å². The van der Waals surface area contributed by atoms with E-state index in [1.165, 1.54) is 15.8 Å². The average Bonchev–Trinajstić information content (AvgIpc) is 3.62. The number of hydrogen-bond donors (Lipinski definition) is 1. The summed E-state index contributed by atoms with van der Waals surface area (Å²) in [6.45, 7) is 16.8. The van der Waals surface area contributed by atoms with Gasteiger partial charge in [0.1, 0.15) is 12.2 Å². The van der Waals surface area contributed by atoms with Crippen LogP contribution in [-0.2, 0) is 22.4 Å². The summed E-state index contributed by atoms with van der Waals surface area (Å²) in [6.07, 6.45) is 16.1. The van der Waals surface area contributed by atoms with Gasteiger partial charge >= 0.3 is 6.09 Å². The molecule has 2 aliphatic rings. The number of aromatic nitrogens is 3. The highest BCUT2D eigenvalue weighted by molar-refractivity contribution is 5.85. The molecule has 250 valence electrons. The molecular weight excluding hydrogens is 578 g/mol. The maximum Gasteiger partial charge on any atom is 0.435 e. The molecule has 2 aromatic rings. The number of hydrogen-bond acceptors (Lipinski definition) is 7. The first-order valence-electron chi connectivity index (χ1n) is 16.8. The van der Waals surface area contributed by atoms with Gasteiger partial charge in [-0.3, -0.25) is 9.78 Å². The average molecular weight is 632 g/mol. The molecule has 0 saturated carbocycles. The van der Waals surface area contributed by atoms with Gasteiger partial charge in [-0.2, -0.15) is 4.68 Å². The fraction of sp³-hybridized carbons (Fsp3) is 0.568. The fourth-order valence-corrected chi connectivity index (χ4v) is 5.76. The van der Waals surface area contributed by atoms with Crippen molar-refractivity contribution in [3.05, 3.63) is 70.7 Å². The first kappa shape index (κ1) is 35.1. The van der Waals surface area contributed by atoms with Crippen molar-refractivity contribution in [2.45, 2.75) is 99.0 Å². The van der Waals surface area contributed by atoms with E-state index in [1.807, 2.05) is 51.9 Å². The predicted molar refractivity (Wildman–Crippen MR) is 183 cm³/mol. The Morgan fingerprint density at radius 2 is 1.67 bits per heavy atom. The Bertz CT molecular complexity index is 1440. The highest BCUT2D eigenvalue weighted by atomic mass is 16.6. The zero-order valence-corrected chi connectivity index (χ0v) is 28.9. The van der Waals surface area contributed by atoms with Crippen molar-refractivity contribution in [2.24, 2.45) is 5.41 Å². The molecule has 1 aliphatic heterocycles. The summed E-state index contributed by atoms with van der Waals surface area (Å²) in [5.41, 5.74) is 4.51. The van der Waals surface area contributed by atoms with Crippen LogP contribution in [-0.4, -0.2) is 70.1 Å². The highest BCUT2D eigenvalue weighted by Gasteiger charge is 2.36. The number of carbonyl (C=O) groups is 2. The molecule has 9 nitrogen and oxygen atoms in total. The standard InChI is InChI=1S/C37H53N5O4/c1-27-13-14-28(2)25-30(24-27)32-31(17-21-38-18-9-8-12-29-15-19-39-20-16-29)33(40-42(32)35(44)46-36(3,4)5)45-26-37(6,7)34(43)41-22-10-11-23-41/h13,15-16,19-20,24-25,38H,8-12,14,17-18,21-23,26H2,1-7H3. The molecule has 1 aliphatic carbocycles. The van der Waals surface area contributed by atoms with Crippen molar-refractivity contribution in [3.63, 3.8) is 0 Å². The number of nitrogens with zero attached hydrogens (tertiary/aromatic N) is 4. The normalized spacial score (nSPS) is 15.6. The molecule has 0 bridgehead atoms. The lowest BCUT2D eigenvalue weighted by molar-refractivity contribution is -0.140. The van der Waals surface area contributed by atoms with Crippen molar-refractivity contribution in [3.8, 4) is 5.88 Å². The van der Waals surface area contributed by atoms with Gasteiger partial charge in [-0.25, -0.2) is 4.79 Å². The SMILES string of the molecule is CC1=CCC(C)=CC(c2c(CCNCCCCc3ccncc3)c(OCC(C)(C)C(=O)N3CCCC3)nn2C(=O)OC(C)(C)C)=C1. The molecule has 0 aromatic carbocycles. The van der Waals surface area contributed by atoms with E-state index in [1.54, 1.807) is 0 Å². The minimum Gasteiger partial charge on any atom is -0.475 e. The summed E-state index contributed by atoms with van der Waals surface area (Å²) >= 11 is 0. The molecule has 3 heterocycles. The van der Waals surface area contributed by atoms with E-state index in [4.69, 9.17) is 14.6 Å². The summed E-state index contributed by atoms with van der Waals surface area (Å²) < 4.78 is 13.6. The first-order chi connectivity index (χ1) is 21.8. The van der Waals surface area contributed by atoms with E-state index < -0.39 is 17.1 Å². The van der Waals surface area contributed by atoms with E-state index in [2.05, 4.69) is 54.5 Å². The van der Waals surface area contributed by atoms with Gasteiger partial charge in [-0.1, -0.05) is 29.4 Å². The molecule has 1 saturated heterocycles. The minimum atomic E-state index is -0.748. The van der Waals surface area contributed by atoms with Crippen LogP contribution in [0.1, 0.15) is 97.4 Å². The van der Waals surface area contributed by atoms with Gasteiger partial charge in [-0.05, 0) is 124 Å². The van der Waals surface area contributed by atoms with Gasteiger partial charge < -0.3 is 19.7 Å². The molecule has 0 spiro atoms. The molecule has 2 aromatic heterocycles. The van der Waals surface area contributed by atoms with Crippen LogP contribution in [0.15, 0.2) is 53.9 Å². The van der Waals surface area contributed by atoms with E-state index in [0.717, 1.165) is 74.9 Å². The van der Waals surface area contributed by atoms with Crippen molar-refractivity contribution in [1.82, 2.24) is 25.0 Å². The quantitative estimate of drug-likeness (QED) is 0.240. The third-order valence-corrected chi connectivity index (χ3v) is 8.23. The van der Waals surface area contributed by atoms with Gasteiger partial charge in [0.2, 0.25) is 11.8 Å². The van der Waals surface area contributed by atoms with Crippen LogP contribution in [0.25, 0.3) is 5.57 Å². The topological polar surface area (TPSA) is 98.6 Å². The number of unbranched alkanes of at least 4 members (excludes halogenated alkanes) is 1. The van der Waals surface area contributed by atoms with E-state index >= 15 is 0 Å². The number of carbonyl (C=O) groups excluding carboxylic acids is 2. The second-order valence-electron chi connectivity index (χ2n) is 14.3. The van der Waals surface area contributed by atoms with Crippen LogP contribution in [0.5, 0.6) is 5.88 Å².